The number of rotatable bonds is 2. The van der Waals surface area contributed by atoms with Crippen molar-refractivity contribution in [2.45, 2.75) is 63.5 Å². The lowest BCUT2D eigenvalue weighted by Crippen LogP contribution is -2.50. The highest BCUT2D eigenvalue weighted by Gasteiger charge is 2.41. The van der Waals surface area contributed by atoms with E-state index in [9.17, 15) is 0 Å². The van der Waals surface area contributed by atoms with Crippen molar-refractivity contribution < 1.29 is 0 Å². The average Bonchev–Trinajstić information content (AvgIpc) is 3.17. The van der Waals surface area contributed by atoms with E-state index in [1.165, 1.54) is 76.4 Å². The lowest BCUT2D eigenvalue weighted by molar-refractivity contribution is 0.00206. The van der Waals surface area contributed by atoms with E-state index in [0.29, 0.717) is 0 Å². The minimum absolute atomic E-state index is 0.0625. The SMILES string of the molecule is c1ccc2c(c1)nnn2C1(N2CCCC2)CCCCCCC1. The normalized spacial score (nSPS) is 23.5. The second-order valence-corrected chi connectivity index (χ2v) is 6.93. The molecule has 2 aromatic rings. The Morgan fingerprint density at radius 1 is 0.818 bits per heavy atom. The molecule has 4 heteroatoms. The van der Waals surface area contributed by atoms with Gasteiger partial charge in [-0.05, 0) is 50.7 Å². The number of hydrogen-bond donors (Lipinski definition) is 0. The Balaban J connectivity index is 1.81. The molecule has 2 aliphatic rings. The van der Waals surface area contributed by atoms with Crippen LogP contribution in [0, 0.1) is 0 Å². The van der Waals surface area contributed by atoms with Crippen LogP contribution in [0.5, 0.6) is 0 Å². The van der Waals surface area contributed by atoms with E-state index < -0.39 is 0 Å². The van der Waals surface area contributed by atoms with Crippen LogP contribution in [0.4, 0.5) is 0 Å². The highest BCUT2D eigenvalue weighted by Crippen LogP contribution is 2.39. The lowest BCUT2D eigenvalue weighted by atomic mass is 9.89. The summed E-state index contributed by atoms with van der Waals surface area (Å²) in [5, 5.41) is 9.08. The molecule has 1 aromatic carbocycles. The van der Waals surface area contributed by atoms with Gasteiger partial charge in [-0.1, -0.05) is 36.6 Å². The first-order valence-corrected chi connectivity index (χ1v) is 8.96. The van der Waals surface area contributed by atoms with Crippen LogP contribution in [-0.4, -0.2) is 33.0 Å². The van der Waals surface area contributed by atoms with Crippen LogP contribution in [0.2, 0.25) is 0 Å². The van der Waals surface area contributed by atoms with Crippen molar-refractivity contribution in [3.05, 3.63) is 24.3 Å². The second-order valence-electron chi connectivity index (χ2n) is 6.93. The Morgan fingerprint density at radius 3 is 2.27 bits per heavy atom. The fraction of sp³-hybridized carbons (Fsp3) is 0.667. The molecule has 1 aliphatic heterocycles. The number of nitrogens with zero attached hydrogens (tertiary/aromatic N) is 4. The van der Waals surface area contributed by atoms with Crippen LogP contribution in [0.15, 0.2) is 24.3 Å². The van der Waals surface area contributed by atoms with Crippen LogP contribution in [-0.2, 0) is 5.66 Å². The fourth-order valence-electron chi connectivity index (χ4n) is 4.44. The summed E-state index contributed by atoms with van der Waals surface area (Å²) in [4.78, 5) is 2.71. The maximum absolute atomic E-state index is 4.63. The number of benzene rings is 1. The fourth-order valence-corrected chi connectivity index (χ4v) is 4.44. The van der Waals surface area contributed by atoms with Gasteiger partial charge in [0.25, 0.3) is 0 Å². The first-order chi connectivity index (χ1) is 10.9. The molecule has 22 heavy (non-hydrogen) atoms. The van der Waals surface area contributed by atoms with Gasteiger partial charge in [-0.2, -0.15) is 0 Å². The van der Waals surface area contributed by atoms with Gasteiger partial charge in [-0.3, -0.25) is 4.90 Å². The van der Waals surface area contributed by atoms with Gasteiger partial charge in [0, 0.05) is 13.1 Å². The van der Waals surface area contributed by atoms with Crippen LogP contribution in [0.25, 0.3) is 11.0 Å². The van der Waals surface area contributed by atoms with Gasteiger partial charge in [-0.25, -0.2) is 4.68 Å². The first kappa shape index (κ1) is 14.2. The van der Waals surface area contributed by atoms with Crippen molar-refractivity contribution in [3.63, 3.8) is 0 Å². The van der Waals surface area contributed by atoms with E-state index in [-0.39, 0.29) is 5.66 Å². The topological polar surface area (TPSA) is 34.0 Å². The molecule has 0 unspecified atom stereocenters. The van der Waals surface area contributed by atoms with Crippen molar-refractivity contribution in [2.24, 2.45) is 0 Å². The molecular weight excluding hydrogens is 272 g/mol. The summed E-state index contributed by atoms with van der Waals surface area (Å²) >= 11 is 0. The average molecular weight is 298 g/mol. The summed E-state index contributed by atoms with van der Waals surface area (Å²) in [7, 11) is 0. The number of aromatic nitrogens is 3. The number of hydrogen-bond acceptors (Lipinski definition) is 3. The highest BCUT2D eigenvalue weighted by atomic mass is 15.5. The molecule has 0 radical (unpaired) electrons. The Kier molecular flexibility index (Phi) is 3.87. The zero-order valence-corrected chi connectivity index (χ0v) is 13.4. The van der Waals surface area contributed by atoms with E-state index in [0.717, 1.165) is 5.52 Å². The van der Waals surface area contributed by atoms with E-state index in [2.05, 4.69) is 44.2 Å². The molecule has 0 N–H and O–H groups in total. The van der Waals surface area contributed by atoms with E-state index >= 15 is 0 Å². The maximum atomic E-state index is 4.63. The van der Waals surface area contributed by atoms with Crippen LogP contribution < -0.4 is 0 Å². The molecule has 0 bridgehead atoms. The molecule has 0 atom stereocenters. The summed E-state index contributed by atoms with van der Waals surface area (Å²) in [5.74, 6) is 0. The summed E-state index contributed by atoms with van der Waals surface area (Å²) in [6.45, 7) is 2.43. The van der Waals surface area contributed by atoms with Gasteiger partial charge in [0.2, 0.25) is 0 Å². The van der Waals surface area contributed by atoms with Gasteiger partial charge in [0.15, 0.2) is 0 Å². The molecule has 4 rings (SSSR count). The number of likely N-dealkylation sites (tertiary alicyclic amines) is 1. The van der Waals surface area contributed by atoms with Crippen LogP contribution >= 0.6 is 0 Å². The van der Waals surface area contributed by atoms with Crippen molar-refractivity contribution in [2.75, 3.05) is 13.1 Å². The molecule has 0 amide bonds. The van der Waals surface area contributed by atoms with Gasteiger partial charge >= 0.3 is 0 Å². The zero-order chi connectivity index (χ0) is 14.8. The summed E-state index contributed by atoms with van der Waals surface area (Å²) < 4.78 is 2.28. The zero-order valence-electron chi connectivity index (χ0n) is 13.4. The van der Waals surface area contributed by atoms with Gasteiger partial charge in [-0.15, -0.1) is 5.10 Å². The van der Waals surface area contributed by atoms with Crippen LogP contribution in [0.3, 0.4) is 0 Å². The second kappa shape index (κ2) is 5.99. The van der Waals surface area contributed by atoms with Crippen molar-refractivity contribution in [1.29, 1.82) is 0 Å². The minimum atomic E-state index is 0.0625. The number of para-hydroxylation sites is 1. The molecular formula is C18H26N4. The molecule has 1 aliphatic carbocycles. The van der Waals surface area contributed by atoms with E-state index in [1.807, 2.05) is 0 Å². The number of fused-ring (bicyclic) bond motifs is 1. The predicted octanol–water partition coefficient (Wildman–Crippen LogP) is 3.92. The lowest BCUT2D eigenvalue weighted by Gasteiger charge is -2.43. The molecule has 0 spiro atoms. The predicted molar refractivity (Wildman–Crippen MR) is 88.6 cm³/mol. The molecule has 4 nitrogen and oxygen atoms in total. The van der Waals surface area contributed by atoms with Gasteiger partial charge in [0.05, 0.1) is 5.52 Å². The maximum Gasteiger partial charge on any atom is 0.117 e. The minimum Gasteiger partial charge on any atom is -0.279 e. The molecule has 1 saturated carbocycles. The molecule has 118 valence electrons. The van der Waals surface area contributed by atoms with Gasteiger partial charge < -0.3 is 0 Å². The quantitative estimate of drug-likeness (QED) is 0.842. The summed E-state index contributed by atoms with van der Waals surface area (Å²) in [6, 6.07) is 8.44. The van der Waals surface area contributed by atoms with Crippen LogP contribution in [0.1, 0.15) is 57.8 Å². The monoisotopic (exact) mass is 298 g/mol. The highest BCUT2D eigenvalue weighted by molar-refractivity contribution is 5.74. The van der Waals surface area contributed by atoms with E-state index in [4.69, 9.17) is 0 Å². The summed E-state index contributed by atoms with van der Waals surface area (Å²) in [5.41, 5.74) is 2.30. The Hall–Kier alpha value is -1.42. The van der Waals surface area contributed by atoms with Gasteiger partial charge in [0.1, 0.15) is 11.2 Å². The largest absolute Gasteiger partial charge is 0.279 e. The third kappa shape index (κ3) is 2.34. The molecule has 1 saturated heterocycles. The van der Waals surface area contributed by atoms with Crippen molar-refractivity contribution >= 4 is 11.0 Å². The molecule has 2 fully saturated rings. The van der Waals surface area contributed by atoms with E-state index in [1.54, 1.807) is 0 Å². The Bertz CT molecular complexity index is 619. The molecule has 2 heterocycles. The molecule has 1 aromatic heterocycles. The Labute approximate surface area is 132 Å². The third-order valence-corrected chi connectivity index (χ3v) is 5.60. The van der Waals surface area contributed by atoms with Crippen molar-refractivity contribution in [3.8, 4) is 0 Å². The Morgan fingerprint density at radius 2 is 1.50 bits per heavy atom. The third-order valence-electron chi connectivity index (χ3n) is 5.60. The smallest absolute Gasteiger partial charge is 0.117 e. The van der Waals surface area contributed by atoms with Crippen molar-refractivity contribution in [1.82, 2.24) is 19.9 Å². The standard InChI is InChI=1S/C18H26N4/c1-2-6-12-18(13-7-3-1,21-14-8-9-15-21)22-17-11-5-4-10-16(17)19-20-22/h4-5,10-11H,1-3,6-9,12-15H2. The first-order valence-electron chi connectivity index (χ1n) is 8.96. The summed E-state index contributed by atoms with van der Waals surface area (Å²) in [6.07, 6.45) is 11.8.